The number of hydrogen-bond acceptors (Lipinski definition) is 3. The number of aromatic nitrogens is 3. The fraction of sp³-hybridized carbons (Fsp3) is 0.217. The van der Waals surface area contributed by atoms with E-state index in [0.29, 0.717) is 5.82 Å². The number of nitrogens with one attached hydrogen (secondary N) is 2. The minimum atomic E-state index is -0.261. The second-order valence-corrected chi connectivity index (χ2v) is 6.96. The summed E-state index contributed by atoms with van der Waals surface area (Å²) in [5, 5.41) is 11.3. The van der Waals surface area contributed by atoms with Crippen LogP contribution in [0.15, 0.2) is 60.7 Å². The summed E-state index contributed by atoms with van der Waals surface area (Å²) < 4.78 is 7.70. The molecule has 1 atom stereocenters. The predicted octanol–water partition coefficient (Wildman–Crippen LogP) is 4.80. The van der Waals surface area contributed by atoms with Crippen LogP contribution in [0.5, 0.6) is 5.75 Å². The first-order valence-electron chi connectivity index (χ1n) is 9.70. The van der Waals surface area contributed by atoms with Gasteiger partial charge in [0, 0.05) is 18.0 Å². The van der Waals surface area contributed by atoms with Gasteiger partial charge in [-0.15, -0.1) is 0 Å². The molecule has 29 heavy (non-hydrogen) atoms. The summed E-state index contributed by atoms with van der Waals surface area (Å²) in [5.74, 6) is 0.989. The van der Waals surface area contributed by atoms with Crippen LogP contribution >= 0.6 is 0 Å². The number of fused-ring (bicyclic) bond motifs is 1. The molecule has 0 spiro atoms. The average molecular weight is 388 g/mol. The maximum atomic E-state index is 12.6. The number of methoxy groups -OCH3 is 1. The van der Waals surface area contributed by atoms with Crippen LogP contribution < -0.4 is 10.1 Å². The van der Waals surface area contributed by atoms with E-state index in [0.717, 1.165) is 40.1 Å². The number of aryl methyl sites for hydroxylation is 1. The summed E-state index contributed by atoms with van der Waals surface area (Å²) in [4.78, 5) is 12.6. The number of hydrogen-bond donors (Lipinski definition) is 2. The fourth-order valence-electron chi connectivity index (χ4n) is 3.64. The number of carbonyl (C=O) groups excluding carboxylic acids is 1. The van der Waals surface area contributed by atoms with Crippen molar-refractivity contribution in [3.8, 4) is 17.1 Å². The van der Waals surface area contributed by atoms with E-state index < -0.39 is 0 Å². The lowest BCUT2D eigenvalue weighted by molar-refractivity contribution is -0.117. The van der Waals surface area contributed by atoms with Crippen molar-refractivity contribution in [2.45, 2.75) is 26.3 Å². The molecule has 148 valence electrons. The smallest absolute Gasteiger partial charge is 0.232 e. The molecular weight excluding hydrogens is 364 g/mol. The van der Waals surface area contributed by atoms with Gasteiger partial charge in [-0.2, -0.15) is 5.10 Å². The second kappa shape index (κ2) is 7.83. The monoisotopic (exact) mass is 388 g/mol. The van der Waals surface area contributed by atoms with E-state index in [1.165, 1.54) is 0 Å². The van der Waals surface area contributed by atoms with Gasteiger partial charge in [0.1, 0.15) is 5.75 Å². The van der Waals surface area contributed by atoms with Crippen molar-refractivity contribution in [3.63, 3.8) is 0 Å². The Bertz CT molecular complexity index is 1140. The lowest BCUT2D eigenvalue weighted by Crippen LogP contribution is -2.19. The predicted molar refractivity (Wildman–Crippen MR) is 115 cm³/mol. The normalized spacial score (nSPS) is 12.1. The zero-order valence-electron chi connectivity index (χ0n) is 16.8. The van der Waals surface area contributed by atoms with Gasteiger partial charge in [0.2, 0.25) is 5.91 Å². The molecule has 0 fully saturated rings. The van der Waals surface area contributed by atoms with Crippen LogP contribution in [-0.4, -0.2) is 27.8 Å². The molecule has 4 rings (SSSR count). The topological polar surface area (TPSA) is 71.9 Å². The summed E-state index contributed by atoms with van der Waals surface area (Å²) in [5.41, 5.74) is 3.91. The van der Waals surface area contributed by atoms with E-state index in [1.54, 1.807) is 7.11 Å². The van der Waals surface area contributed by atoms with Crippen LogP contribution in [0.25, 0.3) is 22.3 Å². The second-order valence-electron chi connectivity index (χ2n) is 6.96. The quantitative estimate of drug-likeness (QED) is 0.498. The Hall–Kier alpha value is -3.54. The number of anilines is 1. The third kappa shape index (κ3) is 3.49. The standard InChI is InChI=1S/C23H24N4O2/c1-4-27-19-11-8-12-21(29-3)17(19)13-20(27)18-14-22(26-25-18)24-23(28)15(2)16-9-6-5-7-10-16/h5-15H,4H2,1-3H3,(H2,24,25,26,28)/t15-/m0/s1. The number of rotatable bonds is 6. The van der Waals surface area contributed by atoms with Gasteiger partial charge in [0.15, 0.2) is 5.82 Å². The molecule has 0 aliphatic rings. The summed E-state index contributed by atoms with van der Waals surface area (Å²) in [7, 11) is 1.68. The van der Waals surface area contributed by atoms with Gasteiger partial charge in [-0.3, -0.25) is 9.89 Å². The van der Waals surface area contributed by atoms with E-state index in [2.05, 4.69) is 39.1 Å². The van der Waals surface area contributed by atoms with Crippen molar-refractivity contribution < 1.29 is 9.53 Å². The van der Waals surface area contributed by atoms with E-state index in [-0.39, 0.29) is 11.8 Å². The Morgan fingerprint density at radius 3 is 2.69 bits per heavy atom. The van der Waals surface area contributed by atoms with E-state index >= 15 is 0 Å². The first-order valence-corrected chi connectivity index (χ1v) is 9.70. The van der Waals surface area contributed by atoms with Crippen molar-refractivity contribution in [1.29, 1.82) is 0 Å². The van der Waals surface area contributed by atoms with Crippen LogP contribution in [0.2, 0.25) is 0 Å². The highest BCUT2D eigenvalue weighted by Crippen LogP contribution is 2.33. The van der Waals surface area contributed by atoms with Gasteiger partial charge in [-0.1, -0.05) is 36.4 Å². The molecule has 0 unspecified atom stereocenters. The zero-order valence-corrected chi connectivity index (χ0v) is 16.8. The summed E-state index contributed by atoms with van der Waals surface area (Å²) >= 11 is 0. The van der Waals surface area contributed by atoms with Crippen molar-refractivity contribution >= 4 is 22.6 Å². The maximum Gasteiger partial charge on any atom is 0.232 e. The molecule has 2 N–H and O–H groups in total. The minimum Gasteiger partial charge on any atom is -0.496 e. The van der Waals surface area contributed by atoms with E-state index in [1.807, 2.05) is 55.5 Å². The number of amides is 1. The largest absolute Gasteiger partial charge is 0.496 e. The highest BCUT2D eigenvalue weighted by molar-refractivity contribution is 5.96. The number of H-pyrrole nitrogens is 1. The minimum absolute atomic E-state index is 0.0908. The molecule has 0 aliphatic carbocycles. The van der Waals surface area contributed by atoms with Crippen molar-refractivity contribution in [3.05, 3.63) is 66.2 Å². The van der Waals surface area contributed by atoms with Crippen molar-refractivity contribution in [2.75, 3.05) is 12.4 Å². The van der Waals surface area contributed by atoms with Crippen LogP contribution in [0.3, 0.4) is 0 Å². The first-order chi connectivity index (χ1) is 14.1. The van der Waals surface area contributed by atoms with Crippen LogP contribution in [0, 0.1) is 0 Å². The van der Waals surface area contributed by atoms with Crippen LogP contribution in [0.1, 0.15) is 25.3 Å². The Morgan fingerprint density at radius 2 is 1.97 bits per heavy atom. The van der Waals surface area contributed by atoms with Crippen molar-refractivity contribution in [2.24, 2.45) is 0 Å². The van der Waals surface area contributed by atoms with E-state index in [9.17, 15) is 4.79 Å². The Morgan fingerprint density at radius 1 is 1.17 bits per heavy atom. The van der Waals surface area contributed by atoms with Crippen LogP contribution in [-0.2, 0) is 11.3 Å². The Kier molecular flexibility index (Phi) is 5.08. The SMILES string of the molecule is CCn1c(-c2cc(NC(=O)[C@@H](C)c3ccccc3)n[nH]2)cc2c(OC)cccc21. The molecule has 2 aromatic carbocycles. The highest BCUT2D eigenvalue weighted by atomic mass is 16.5. The number of nitrogens with zero attached hydrogens (tertiary/aromatic N) is 2. The van der Waals surface area contributed by atoms with Gasteiger partial charge in [0.25, 0.3) is 0 Å². The number of ether oxygens (including phenoxy) is 1. The maximum absolute atomic E-state index is 12.6. The van der Waals surface area contributed by atoms with Gasteiger partial charge in [-0.25, -0.2) is 0 Å². The summed E-state index contributed by atoms with van der Waals surface area (Å²) in [6.45, 7) is 4.79. The molecule has 4 aromatic rings. The van der Waals surface area contributed by atoms with Crippen molar-refractivity contribution in [1.82, 2.24) is 14.8 Å². The molecule has 0 saturated heterocycles. The molecule has 0 bridgehead atoms. The molecule has 6 heteroatoms. The summed E-state index contributed by atoms with van der Waals surface area (Å²) in [6, 6.07) is 19.7. The highest BCUT2D eigenvalue weighted by Gasteiger charge is 2.18. The molecule has 6 nitrogen and oxygen atoms in total. The number of aromatic amines is 1. The molecule has 0 radical (unpaired) electrons. The van der Waals surface area contributed by atoms with Gasteiger partial charge >= 0.3 is 0 Å². The lowest BCUT2D eigenvalue weighted by atomic mass is 10.0. The molecule has 0 saturated carbocycles. The van der Waals surface area contributed by atoms with E-state index in [4.69, 9.17) is 4.74 Å². The molecular formula is C23H24N4O2. The lowest BCUT2D eigenvalue weighted by Gasteiger charge is -2.10. The van der Waals surface area contributed by atoms with Crippen LogP contribution in [0.4, 0.5) is 5.82 Å². The zero-order chi connectivity index (χ0) is 20.4. The molecule has 1 amide bonds. The van der Waals surface area contributed by atoms with Gasteiger partial charge in [-0.05, 0) is 37.6 Å². The Labute approximate surface area is 169 Å². The third-order valence-electron chi connectivity index (χ3n) is 5.24. The average Bonchev–Trinajstić information content (AvgIpc) is 3.37. The third-order valence-corrected chi connectivity index (χ3v) is 5.24. The first kappa shape index (κ1) is 18.8. The molecule has 2 aromatic heterocycles. The number of benzene rings is 2. The van der Waals surface area contributed by atoms with Gasteiger partial charge < -0.3 is 14.6 Å². The number of carbonyl (C=O) groups is 1. The summed E-state index contributed by atoms with van der Waals surface area (Å²) in [6.07, 6.45) is 0. The fourth-order valence-corrected chi connectivity index (χ4v) is 3.64. The van der Waals surface area contributed by atoms with Gasteiger partial charge in [0.05, 0.1) is 29.9 Å². The Balaban J connectivity index is 1.62. The molecule has 2 heterocycles. The molecule has 0 aliphatic heterocycles.